The Kier molecular flexibility index (Phi) is 3.46. The molecule has 0 atom stereocenters. The average Bonchev–Trinajstić information content (AvgIpc) is 2.31. The summed E-state index contributed by atoms with van der Waals surface area (Å²) < 4.78 is 0. The zero-order chi connectivity index (χ0) is 13.1. The van der Waals surface area contributed by atoms with Crippen LogP contribution in [-0.2, 0) is 0 Å². The van der Waals surface area contributed by atoms with E-state index in [1.807, 2.05) is 6.92 Å². The summed E-state index contributed by atoms with van der Waals surface area (Å²) in [6.07, 6.45) is 0. The van der Waals surface area contributed by atoms with Crippen LogP contribution < -0.4 is 10.6 Å². The molecular weight excluding hydrogens is 224 g/mol. The molecule has 0 radical (unpaired) electrons. The number of anilines is 3. The largest absolute Gasteiger partial charge is 0.384 e. The molecule has 0 aliphatic heterocycles. The summed E-state index contributed by atoms with van der Waals surface area (Å²) >= 11 is 0. The van der Waals surface area contributed by atoms with Crippen LogP contribution in [0.2, 0.25) is 0 Å². The van der Waals surface area contributed by atoms with Gasteiger partial charge in [0.05, 0.1) is 0 Å². The normalized spacial score (nSPS) is 10.4. The van der Waals surface area contributed by atoms with Gasteiger partial charge in [-0.25, -0.2) is 9.97 Å². The van der Waals surface area contributed by atoms with Crippen molar-refractivity contribution in [1.29, 1.82) is 0 Å². The first-order valence-electron chi connectivity index (χ1n) is 6.05. The summed E-state index contributed by atoms with van der Waals surface area (Å²) in [5.74, 6) is 2.03. The fourth-order valence-electron chi connectivity index (χ4n) is 1.91. The van der Waals surface area contributed by atoms with Gasteiger partial charge in [0, 0.05) is 18.3 Å². The number of benzene rings is 1. The van der Waals surface area contributed by atoms with Crippen molar-refractivity contribution in [3.8, 4) is 0 Å². The molecule has 0 bridgehead atoms. The lowest BCUT2D eigenvalue weighted by Gasteiger charge is -2.22. The maximum atomic E-state index is 5.78. The molecule has 0 aliphatic rings. The lowest BCUT2D eigenvalue weighted by Crippen LogP contribution is -2.18. The van der Waals surface area contributed by atoms with Crippen LogP contribution in [0.25, 0.3) is 0 Å². The first kappa shape index (κ1) is 12.4. The van der Waals surface area contributed by atoms with Gasteiger partial charge in [-0.2, -0.15) is 0 Å². The molecule has 2 aromatic rings. The fraction of sp³-hybridized carbons (Fsp3) is 0.286. The van der Waals surface area contributed by atoms with Crippen LogP contribution in [0.5, 0.6) is 0 Å². The number of aromatic nitrogens is 2. The highest BCUT2D eigenvalue weighted by molar-refractivity contribution is 5.62. The van der Waals surface area contributed by atoms with Crippen molar-refractivity contribution in [1.82, 2.24) is 9.97 Å². The van der Waals surface area contributed by atoms with E-state index in [0.717, 1.165) is 18.1 Å². The Labute approximate surface area is 107 Å². The molecule has 0 saturated carbocycles. The smallest absolute Gasteiger partial charge is 0.138 e. The van der Waals surface area contributed by atoms with Crippen molar-refractivity contribution in [2.45, 2.75) is 20.8 Å². The Morgan fingerprint density at radius 3 is 2.33 bits per heavy atom. The quantitative estimate of drug-likeness (QED) is 0.899. The van der Waals surface area contributed by atoms with Crippen LogP contribution in [0.4, 0.5) is 17.3 Å². The van der Waals surface area contributed by atoms with Gasteiger partial charge in [-0.15, -0.1) is 0 Å². The zero-order valence-corrected chi connectivity index (χ0v) is 11.0. The molecule has 94 valence electrons. The van der Waals surface area contributed by atoms with Crippen molar-refractivity contribution in [2.24, 2.45) is 0 Å². The highest BCUT2D eigenvalue weighted by Gasteiger charge is 2.10. The summed E-state index contributed by atoms with van der Waals surface area (Å²) in [5.41, 5.74) is 8.13. The summed E-state index contributed by atoms with van der Waals surface area (Å²) in [5, 5.41) is 0. The fourth-order valence-corrected chi connectivity index (χ4v) is 1.91. The average molecular weight is 242 g/mol. The number of rotatable bonds is 3. The van der Waals surface area contributed by atoms with Crippen LogP contribution in [0, 0.1) is 13.8 Å². The van der Waals surface area contributed by atoms with Gasteiger partial charge in [0.1, 0.15) is 17.5 Å². The van der Waals surface area contributed by atoms with Gasteiger partial charge in [0.2, 0.25) is 0 Å². The van der Waals surface area contributed by atoms with Gasteiger partial charge in [-0.05, 0) is 32.9 Å². The highest BCUT2D eigenvalue weighted by atomic mass is 15.2. The van der Waals surface area contributed by atoms with Gasteiger partial charge in [-0.3, -0.25) is 0 Å². The maximum Gasteiger partial charge on any atom is 0.138 e. The molecule has 1 heterocycles. The Morgan fingerprint density at radius 1 is 1.11 bits per heavy atom. The Morgan fingerprint density at radius 2 is 1.78 bits per heavy atom. The number of hydrogen-bond donors (Lipinski definition) is 1. The summed E-state index contributed by atoms with van der Waals surface area (Å²) in [4.78, 5) is 10.7. The van der Waals surface area contributed by atoms with Gasteiger partial charge >= 0.3 is 0 Å². The van der Waals surface area contributed by atoms with Gasteiger partial charge in [0.15, 0.2) is 0 Å². The predicted molar refractivity (Wildman–Crippen MR) is 75.0 cm³/mol. The molecule has 4 heteroatoms. The van der Waals surface area contributed by atoms with E-state index >= 15 is 0 Å². The van der Waals surface area contributed by atoms with Crippen LogP contribution in [-0.4, -0.2) is 16.5 Å². The topological polar surface area (TPSA) is 55.0 Å². The molecule has 0 unspecified atom stereocenters. The minimum absolute atomic E-state index is 0.503. The molecular formula is C14H18N4. The molecule has 0 aliphatic carbocycles. The molecule has 1 aromatic carbocycles. The van der Waals surface area contributed by atoms with Crippen molar-refractivity contribution in [3.63, 3.8) is 0 Å². The molecule has 0 fully saturated rings. The van der Waals surface area contributed by atoms with Gasteiger partial charge < -0.3 is 10.6 Å². The molecule has 2 rings (SSSR count). The molecule has 18 heavy (non-hydrogen) atoms. The van der Waals surface area contributed by atoms with E-state index in [1.165, 1.54) is 5.56 Å². The molecule has 1 aromatic heterocycles. The molecule has 2 N–H and O–H groups in total. The number of nitrogens with two attached hydrogens (primary N) is 1. The SMILES string of the molecule is CCN(c1ccc(C)cc1)c1cc(N)nc(C)n1. The summed E-state index contributed by atoms with van der Waals surface area (Å²) in [7, 11) is 0. The van der Waals surface area contributed by atoms with E-state index in [-0.39, 0.29) is 0 Å². The second-order valence-electron chi connectivity index (χ2n) is 4.28. The van der Waals surface area contributed by atoms with E-state index in [1.54, 1.807) is 6.07 Å². The third-order valence-corrected chi connectivity index (χ3v) is 2.78. The molecule has 4 nitrogen and oxygen atoms in total. The van der Waals surface area contributed by atoms with Gasteiger partial charge in [-0.1, -0.05) is 17.7 Å². The lowest BCUT2D eigenvalue weighted by atomic mass is 10.2. The van der Waals surface area contributed by atoms with Crippen molar-refractivity contribution in [2.75, 3.05) is 17.2 Å². The minimum Gasteiger partial charge on any atom is -0.384 e. The van der Waals surface area contributed by atoms with Gasteiger partial charge in [0.25, 0.3) is 0 Å². The van der Waals surface area contributed by atoms with E-state index in [9.17, 15) is 0 Å². The highest BCUT2D eigenvalue weighted by Crippen LogP contribution is 2.24. The monoisotopic (exact) mass is 242 g/mol. The minimum atomic E-state index is 0.503. The Balaban J connectivity index is 2.41. The third kappa shape index (κ3) is 2.59. The Bertz CT molecular complexity index is 514. The van der Waals surface area contributed by atoms with Crippen LogP contribution in [0.15, 0.2) is 30.3 Å². The van der Waals surface area contributed by atoms with Crippen LogP contribution >= 0.6 is 0 Å². The van der Waals surface area contributed by atoms with Crippen LogP contribution in [0.3, 0.4) is 0 Å². The third-order valence-electron chi connectivity index (χ3n) is 2.78. The summed E-state index contributed by atoms with van der Waals surface area (Å²) in [6.45, 7) is 6.85. The standard InChI is InChI=1S/C14H18N4/c1-4-18(12-7-5-10(2)6-8-12)14-9-13(15)16-11(3)17-14/h5-9H,4H2,1-3H3,(H2,15,16,17). The maximum absolute atomic E-state index is 5.78. The zero-order valence-electron chi connectivity index (χ0n) is 11.0. The first-order valence-corrected chi connectivity index (χ1v) is 6.05. The molecule has 0 amide bonds. The second kappa shape index (κ2) is 5.04. The van der Waals surface area contributed by atoms with Crippen molar-refractivity contribution >= 4 is 17.3 Å². The molecule has 0 spiro atoms. The van der Waals surface area contributed by atoms with E-state index in [0.29, 0.717) is 11.6 Å². The lowest BCUT2D eigenvalue weighted by molar-refractivity contribution is 0.954. The Hall–Kier alpha value is -2.10. The number of aryl methyl sites for hydroxylation is 2. The number of hydrogen-bond acceptors (Lipinski definition) is 4. The van der Waals surface area contributed by atoms with Crippen molar-refractivity contribution in [3.05, 3.63) is 41.7 Å². The number of nitrogens with zero attached hydrogens (tertiary/aromatic N) is 3. The number of nitrogen functional groups attached to an aromatic ring is 1. The van der Waals surface area contributed by atoms with E-state index < -0.39 is 0 Å². The first-order chi connectivity index (χ1) is 8.60. The van der Waals surface area contributed by atoms with Crippen LogP contribution in [0.1, 0.15) is 18.3 Å². The van der Waals surface area contributed by atoms with E-state index in [4.69, 9.17) is 5.73 Å². The second-order valence-corrected chi connectivity index (χ2v) is 4.28. The molecule has 0 saturated heterocycles. The van der Waals surface area contributed by atoms with Crippen molar-refractivity contribution < 1.29 is 0 Å². The predicted octanol–water partition coefficient (Wildman–Crippen LogP) is 2.83. The summed E-state index contributed by atoms with van der Waals surface area (Å²) in [6, 6.07) is 10.2. The van der Waals surface area contributed by atoms with E-state index in [2.05, 4.69) is 53.0 Å².